The minimum absolute atomic E-state index is 0.0496. The van der Waals surface area contributed by atoms with Crippen LogP contribution in [0.5, 0.6) is 0 Å². The van der Waals surface area contributed by atoms with Crippen molar-refractivity contribution >= 4 is 5.82 Å². The van der Waals surface area contributed by atoms with Gasteiger partial charge in [0.25, 0.3) is 0 Å². The van der Waals surface area contributed by atoms with Crippen LogP contribution in [-0.4, -0.2) is 28.4 Å². The summed E-state index contributed by atoms with van der Waals surface area (Å²) >= 11 is 0. The largest absolute Gasteiger partial charge is 0.375 e. The molecular weight excluding hydrogens is 226 g/mol. The van der Waals surface area contributed by atoms with E-state index in [0.29, 0.717) is 6.04 Å². The van der Waals surface area contributed by atoms with Gasteiger partial charge in [-0.05, 0) is 44.7 Å². The molecule has 2 heterocycles. The summed E-state index contributed by atoms with van der Waals surface area (Å²) < 4.78 is 5.97. The van der Waals surface area contributed by atoms with Gasteiger partial charge in [-0.2, -0.15) is 5.10 Å². The second kappa shape index (κ2) is 5.65. The number of anilines is 1. The molecule has 1 aliphatic rings. The lowest BCUT2D eigenvalue weighted by Crippen LogP contribution is -2.43. The summed E-state index contributed by atoms with van der Waals surface area (Å²) in [5.74, 6) is 0.869. The molecule has 0 saturated carbocycles. The number of nitrogens with one attached hydrogen (secondary N) is 1. The van der Waals surface area contributed by atoms with Gasteiger partial charge in [0.15, 0.2) is 0 Å². The van der Waals surface area contributed by atoms with Gasteiger partial charge in [0.1, 0.15) is 5.82 Å². The fourth-order valence-corrected chi connectivity index (χ4v) is 2.58. The van der Waals surface area contributed by atoms with Crippen molar-refractivity contribution in [2.24, 2.45) is 0 Å². The molecule has 1 aliphatic heterocycles. The SMILES string of the molecule is CCC1(CC)CC(Nc2ccc(C)nn2)CCO1. The van der Waals surface area contributed by atoms with E-state index in [1.165, 1.54) is 0 Å². The van der Waals surface area contributed by atoms with Crippen LogP contribution in [0.4, 0.5) is 5.82 Å². The molecule has 0 spiro atoms. The Morgan fingerprint density at radius 3 is 2.72 bits per heavy atom. The summed E-state index contributed by atoms with van der Waals surface area (Å²) in [7, 11) is 0. The fraction of sp³-hybridized carbons (Fsp3) is 0.714. The highest BCUT2D eigenvalue weighted by Crippen LogP contribution is 2.32. The molecule has 2 rings (SSSR count). The monoisotopic (exact) mass is 249 g/mol. The molecule has 4 heteroatoms. The van der Waals surface area contributed by atoms with Crippen LogP contribution in [0.2, 0.25) is 0 Å². The van der Waals surface area contributed by atoms with Crippen molar-refractivity contribution in [3.8, 4) is 0 Å². The number of nitrogens with zero attached hydrogens (tertiary/aromatic N) is 2. The minimum Gasteiger partial charge on any atom is -0.375 e. The summed E-state index contributed by atoms with van der Waals surface area (Å²) in [5, 5.41) is 11.7. The highest BCUT2D eigenvalue weighted by Gasteiger charge is 2.34. The lowest BCUT2D eigenvalue weighted by Gasteiger charge is -2.40. The topological polar surface area (TPSA) is 47.0 Å². The van der Waals surface area contributed by atoms with Crippen LogP contribution in [0.15, 0.2) is 12.1 Å². The van der Waals surface area contributed by atoms with Gasteiger partial charge in [0, 0.05) is 12.6 Å². The van der Waals surface area contributed by atoms with Crippen LogP contribution >= 0.6 is 0 Å². The first kappa shape index (κ1) is 13.3. The molecule has 1 N–H and O–H groups in total. The molecule has 4 nitrogen and oxygen atoms in total. The molecule has 1 unspecified atom stereocenters. The van der Waals surface area contributed by atoms with Gasteiger partial charge >= 0.3 is 0 Å². The number of aromatic nitrogens is 2. The van der Waals surface area contributed by atoms with Crippen molar-refractivity contribution in [1.29, 1.82) is 0 Å². The first-order valence-corrected chi connectivity index (χ1v) is 6.88. The van der Waals surface area contributed by atoms with Crippen LogP contribution in [0, 0.1) is 6.92 Å². The molecule has 1 fully saturated rings. The lowest BCUT2D eigenvalue weighted by atomic mass is 9.86. The van der Waals surface area contributed by atoms with Crippen molar-refractivity contribution in [2.45, 2.75) is 58.1 Å². The van der Waals surface area contributed by atoms with E-state index in [9.17, 15) is 0 Å². The van der Waals surface area contributed by atoms with Crippen molar-refractivity contribution in [1.82, 2.24) is 10.2 Å². The molecule has 0 amide bonds. The van der Waals surface area contributed by atoms with E-state index in [-0.39, 0.29) is 5.60 Å². The quantitative estimate of drug-likeness (QED) is 0.891. The molecule has 100 valence electrons. The van der Waals surface area contributed by atoms with Crippen molar-refractivity contribution in [3.05, 3.63) is 17.8 Å². The average molecular weight is 249 g/mol. The first-order chi connectivity index (χ1) is 8.67. The summed E-state index contributed by atoms with van der Waals surface area (Å²) in [6.45, 7) is 7.19. The number of hydrogen-bond acceptors (Lipinski definition) is 4. The number of ether oxygens (including phenoxy) is 1. The molecule has 1 atom stereocenters. The maximum Gasteiger partial charge on any atom is 0.148 e. The van der Waals surface area contributed by atoms with E-state index >= 15 is 0 Å². The number of hydrogen-bond donors (Lipinski definition) is 1. The average Bonchev–Trinajstić information content (AvgIpc) is 2.41. The van der Waals surface area contributed by atoms with Gasteiger partial charge in [-0.3, -0.25) is 0 Å². The third kappa shape index (κ3) is 2.99. The summed E-state index contributed by atoms with van der Waals surface area (Å²) in [6, 6.07) is 4.43. The van der Waals surface area contributed by atoms with Gasteiger partial charge in [-0.15, -0.1) is 5.10 Å². The Morgan fingerprint density at radius 2 is 2.11 bits per heavy atom. The minimum atomic E-state index is 0.0496. The maximum atomic E-state index is 5.97. The zero-order valence-electron chi connectivity index (χ0n) is 11.6. The molecule has 1 aromatic rings. The molecular formula is C14H23N3O. The van der Waals surface area contributed by atoms with Gasteiger partial charge in [0.2, 0.25) is 0 Å². The number of aryl methyl sites for hydroxylation is 1. The molecule has 0 radical (unpaired) electrons. The molecule has 1 aromatic heterocycles. The van der Waals surface area contributed by atoms with E-state index in [1.54, 1.807) is 0 Å². The van der Waals surface area contributed by atoms with Gasteiger partial charge in [0.05, 0.1) is 11.3 Å². The van der Waals surface area contributed by atoms with E-state index in [1.807, 2.05) is 19.1 Å². The van der Waals surface area contributed by atoms with Gasteiger partial charge < -0.3 is 10.1 Å². The molecule has 1 saturated heterocycles. The Kier molecular flexibility index (Phi) is 4.17. The van der Waals surface area contributed by atoms with Crippen LogP contribution in [0.25, 0.3) is 0 Å². The Bertz CT molecular complexity index is 373. The molecule has 18 heavy (non-hydrogen) atoms. The van der Waals surface area contributed by atoms with E-state index < -0.39 is 0 Å². The molecule has 0 aromatic carbocycles. The highest BCUT2D eigenvalue weighted by molar-refractivity contribution is 5.34. The maximum absolute atomic E-state index is 5.97. The smallest absolute Gasteiger partial charge is 0.148 e. The van der Waals surface area contributed by atoms with E-state index in [4.69, 9.17) is 4.74 Å². The Hall–Kier alpha value is -1.16. The van der Waals surface area contributed by atoms with E-state index in [0.717, 1.165) is 43.8 Å². The standard InChI is InChI=1S/C14H23N3O/c1-4-14(5-2)10-12(8-9-18-14)15-13-7-6-11(3)16-17-13/h6-7,12H,4-5,8-10H2,1-3H3,(H,15,17). The third-order valence-electron chi connectivity index (χ3n) is 3.93. The predicted octanol–water partition coefficient (Wildman–Crippen LogP) is 2.93. The Morgan fingerprint density at radius 1 is 1.33 bits per heavy atom. The summed E-state index contributed by atoms with van der Waals surface area (Å²) in [4.78, 5) is 0. The molecule has 0 aliphatic carbocycles. The second-order valence-electron chi connectivity index (χ2n) is 5.13. The normalized spacial score (nSPS) is 22.7. The Labute approximate surface area is 109 Å². The van der Waals surface area contributed by atoms with Crippen LogP contribution in [0.1, 0.15) is 45.2 Å². The third-order valence-corrected chi connectivity index (χ3v) is 3.93. The van der Waals surface area contributed by atoms with Crippen molar-refractivity contribution in [3.63, 3.8) is 0 Å². The zero-order chi connectivity index (χ0) is 13.0. The van der Waals surface area contributed by atoms with Crippen LogP contribution < -0.4 is 5.32 Å². The Balaban J connectivity index is 1.99. The zero-order valence-corrected chi connectivity index (χ0v) is 11.6. The van der Waals surface area contributed by atoms with Crippen LogP contribution in [0.3, 0.4) is 0 Å². The summed E-state index contributed by atoms with van der Waals surface area (Å²) in [5.41, 5.74) is 0.998. The predicted molar refractivity (Wildman–Crippen MR) is 72.7 cm³/mol. The van der Waals surface area contributed by atoms with Crippen LogP contribution in [-0.2, 0) is 4.74 Å². The first-order valence-electron chi connectivity index (χ1n) is 6.88. The molecule has 0 bridgehead atoms. The van der Waals surface area contributed by atoms with Gasteiger partial charge in [-0.1, -0.05) is 13.8 Å². The van der Waals surface area contributed by atoms with Crippen molar-refractivity contribution < 1.29 is 4.74 Å². The highest BCUT2D eigenvalue weighted by atomic mass is 16.5. The summed E-state index contributed by atoms with van der Waals surface area (Å²) in [6.07, 6.45) is 4.23. The fourth-order valence-electron chi connectivity index (χ4n) is 2.58. The lowest BCUT2D eigenvalue weighted by molar-refractivity contribution is -0.0864. The van der Waals surface area contributed by atoms with Gasteiger partial charge in [-0.25, -0.2) is 0 Å². The number of rotatable bonds is 4. The second-order valence-corrected chi connectivity index (χ2v) is 5.13. The van der Waals surface area contributed by atoms with Crippen molar-refractivity contribution in [2.75, 3.05) is 11.9 Å². The van der Waals surface area contributed by atoms with E-state index in [2.05, 4.69) is 29.4 Å².